The second kappa shape index (κ2) is 12.1. The van der Waals surface area contributed by atoms with Crippen molar-refractivity contribution in [3.05, 3.63) is 71.4 Å². The van der Waals surface area contributed by atoms with Gasteiger partial charge in [-0.3, -0.25) is 9.59 Å². The van der Waals surface area contributed by atoms with E-state index in [4.69, 9.17) is 9.84 Å². The van der Waals surface area contributed by atoms with Crippen molar-refractivity contribution >= 4 is 17.6 Å². The molecule has 0 spiro atoms. The maximum absolute atomic E-state index is 13.3. The molecule has 0 atom stereocenters. The van der Waals surface area contributed by atoms with E-state index in [0.717, 1.165) is 30.0 Å². The minimum absolute atomic E-state index is 0.0419. The Bertz CT molecular complexity index is 1190. The smallest absolute Gasteiger partial charge is 0.254 e. The SMILES string of the molecule is CCc1ccc(C(=O)N(CCC(C)C)CC(=O)Nc2cc(C(C)(C)C)nn2-c2ccc(OC)cc2)cc1. The number of anilines is 1. The van der Waals surface area contributed by atoms with Crippen molar-refractivity contribution in [2.45, 2.75) is 59.8 Å². The molecule has 0 fully saturated rings. The van der Waals surface area contributed by atoms with Crippen LogP contribution < -0.4 is 10.1 Å². The third-order valence-electron chi connectivity index (χ3n) is 6.27. The Morgan fingerprint density at radius 2 is 1.70 bits per heavy atom. The van der Waals surface area contributed by atoms with Gasteiger partial charge in [0.15, 0.2) is 0 Å². The molecule has 1 heterocycles. The van der Waals surface area contributed by atoms with Crippen LogP contribution in [-0.2, 0) is 16.6 Å². The number of aromatic nitrogens is 2. The van der Waals surface area contributed by atoms with Gasteiger partial charge in [0.05, 0.1) is 18.5 Å². The minimum atomic E-state index is -0.266. The van der Waals surface area contributed by atoms with E-state index in [-0.39, 0.29) is 23.8 Å². The van der Waals surface area contributed by atoms with Gasteiger partial charge in [-0.2, -0.15) is 5.10 Å². The molecule has 0 saturated carbocycles. The molecule has 0 bridgehead atoms. The topological polar surface area (TPSA) is 76.5 Å². The summed E-state index contributed by atoms with van der Waals surface area (Å²) in [6.45, 7) is 13.0. The number of amides is 2. The van der Waals surface area contributed by atoms with Gasteiger partial charge in [0.25, 0.3) is 5.91 Å². The fourth-order valence-electron chi connectivity index (χ4n) is 3.84. The van der Waals surface area contributed by atoms with Crippen molar-refractivity contribution in [3.63, 3.8) is 0 Å². The Kier molecular flexibility index (Phi) is 9.14. The van der Waals surface area contributed by atoms with E-state index in [1.807, 2.05) is 54.6 Å². The van der Waals surface area contributed by atoms with Crippen LogP contribution in [0.2, 0.25) is 0 Å². The highest BCUT2D eigenvalue weighted by molar-refractivity contribution is 5.99. The average molecular weight is 505 g/mol. The van der Waals surface area contributed by atoms with E-state index in [9.17, 15) is 9.59 Å². The third-order valence-corrected chi connectivity index (χ3v) is 6.27. The van der Waals surface area contributed by atoms with Crippen LogP contribution in [0.1, 0.15) is 69.6 Å². The number of benzene rings is 2. The molecule has 2 amide bonds. The zero-order valence-electron chi connectivity index (χ0n) is 23.2. The highest BCUT2D eigenvalue weighted by atomic mass is 16.5. The molecule has 0 aliphatic rings. The van der Waals surface area contributed by atoms with Crippen molar-refractivity contribution in [2.75, 3.05) is 25.5 Å². The lowest BCUT2D eigenvalue weighted by molar-refractivity contribution is -0.117. The summed E-state index contributed by atoms with van der Waals surface area (Å²) in [7, 11) is 1.62. The quantitative estimate of drug-likeness (QED) is 0.375. The molecule has 0 radical (unpaired) electrons. The summed E-state index contributed by atoms with van der Waals surface area (Å²) >= 11 is 0. The normalized spacial score (nSPS) is 11.5. The first-order chi connectivity index (χ1) is 17.5. The summed E-state index contributed by atoms with van der Waals surface area (Å²) in [6.07, 6.45) is 1.72. The molecule has 198 valence electrons. The maximum atomic E-state index is 13.3. The minimum Gasteiger partial charge on any atom is -0.497 e. The van der Waals surface area contributed by atoms with Crippen LogP contribution in [0.5, 0.6) is 5.75 Å². The Morgan fingerprint density at radius 1 is 1.05 bits per heavy atom. The van der Waals surface area contributed by atoms with Crippen LogP contribution in [0.15, 0.2) is 54.6 Å². The second-order valence-corrected chi connectivity index (χ2v) is 10.8. The van der Waals surface area contributed by atoms with E-state index in [1.54, 1.807) is 16.7 Å². The Labute approximate surface area is 220 Å². The molecule has 1 N–H and O–H groups in total. The average Bonchev–Trinajstić information content (AvgIpc) is 3.30. The van der Waals surface area contributed by atoms with Gasteiger partial charge in [-0.1, -0.05) is 53.7 Å². The predicted molar refractivity (Wildman–Crippen MR) is 149 cm³/mol. The Hall–Kier alpha value is -3.61. The molecule has 0 aliphatic heterocycles. The van der Waals surface area contributed by atoms with Gasteiger partial charge in [-0.25, -0.2) is 4.68 Å². The highest BCUT2D eigenvalue weighted by Gasteiger charge is 2.24. The summed E-state index contributed by atoms with van der Waals surface area (Å²) in [6, 6.07) is 17.0. The lowest BCUT2D eigenvalue weighted by atomic mass is 9.92. The number of nitrogens with one attached hydrogen (secondary N) is 1. The highest BCUT2D eigenvalue weighted by Crippen LogP contribution is 2.27. The van der Waals surface area contributed by atoms with E-state index in [0.29, 0.717) is 23.8 Å². The number of carbonyl (C=O) groups excluding carboxylic acids is 2. The van der Waals surface area contributed by atoms with Gasteiger partial charge in [-0.15, -0.1) is 0 Å². The summed E-state index contributed by atoms with van der Waals surface area (Å²) in [5.74, 6) is 1.30. The molecule has 0 unspecified atom stereocenters. The Balaban J connectivity index is 1.85. The molecule has 7 nitrogen and oxygen atoms in total. The van der Waals surface area contributed by atoms with Crippen molar-refractivity contribution in [2.24, 2.45) is 5.92 Å². The number of aryl methyl sites for hydroxylation is 1. The number of nitrogens with zero attached hydrogens (tertiary/aromatic N) is 3. The zero-order valence-corrected chi connectivity index (χ0v) is 23.2. The summed E-state index contributed by atoms with van der Waals surface area (Å²) < 4.78 is 7.00. The summed E-state index contributed by atoms with van der Waals surface area (Å²) in [5.41, 5.74) is 3.20. The number of rotatable bonds is 10. The number of hydrogen-bond acceptors (Lipinski definition) is 4. The molecular formula is C30H40N4O3. The van der Waals surface area contributed by atoms with Crippen LogP contribution in [0.3, 0.4) is 0 Å². The Morgan fingerprint density at radius 3 is 2.24 bits per heavy atom. The molecule has 1 aromatic heterocycles. The van der Waals surface area contributed by atoms with Crippen LogP contribution in [0.25, 0.3) is 5.69 Å². The monoisotopic (exact) mass is 504 g/mol. The van der Waals surface area contributed by atoms with E-state index >= 15 is 0 Å². The van der Waals surface area contributed by atoms with E-state index in [1.165, 1.54) is 5.56 Å². The largest absolute Gasteiger partial charge is 0.497 e. The van der Waals surface area contributed by atoms with E-state index in [2.05, 4.69) is 46.9 Å². The summed E-state index contributed by atoms with van der Waals surface area (Å²) in [4.78, 5) is 28.3. The van der Waals surface area contributed by atoms with Crippen LogP contribution in [0.4, 0.5) is 5.82 Å². The van der Waals surface area contributed by atoms with Crippen molar-refractivity contribution in [1.82, 2.24) is 14.7 Å². The fourth-order valence-corrected chi connectivity index (χ4v) is 3.84. The van der Waals surface area contributed by atoms with Crippen LogP contribution in [-0.4, -0.2) is 46.7 Å². The number of hydrogen-bond donors (Lipinski definition) is 1. The number of ether oxygens (including phenoxy) is 1. The van der Waals surface area contributed by atoms with Gasteiger partial charge in [0, 0.05) is 23.6 Å². The standard InChI is InChI=1S/C30H40N4O3/c1-8-22-9-11-23(12-10-22)29(36)33(18-17-21(2)3)20-28(35)31-27-19-26(30(4,5)6)32-34(27)24-13-15-25(37-7)16-14-24/h9-16,19,21H,8,17-18,20H2,1-7H3,(H,31,35). The van der Waals surface area contributed by atoms with Crippen molar-refractivity contribution in [1.29, 1.82) is 0 Å². The molecular weight excluding hydrogens is 464 g/mol. The fraction of sp³-hybridized carbons (Fsp3) is 0.433. The molecule has 7 heteroatoms. The van der Waals surface area contributed by atoms with Crippen molar-refractivity contribution in [3.8, 4) is 11.4 Å². The number of methoxy groups -OCH3 is 1. The predicted octanol–water partition coefficient (Wildman–Crippen LogP) is 5.87. The van der Waals surface area contributed by atoms with Gasteiger partial charge in [-0.05, 0) is 60.7 Å². The second-order valence-electron chi connectivity index (χ2n) is 10.8. The summed E-state index contributed by atoms with van der Waals surface area (Å²) in [5, 5.41) is 7.79. The van der Waals surface area contributed by atoms with Gasteiger partial charge >= 0.3 is 0 Å². The van der Waals surface area contributed by atoms with Gasteiger partial charge in [0.2, 0.25) is 5.91 Å². The van der Waals surface area contributed by atoms with Crippen LogP contribution in [0, 0.1) is 5.92 Å². The lowest BCUT2D eigenvalue weighted by Gasteiger charge is -2.23. The van der Waals surface area contributed by atoms with Gasteiger partial charge < -0.3 is 15.0 Å². The first kappa shape index (κ1) is 28.0. The lowest BCUT2D eigenvalue weighted by Crippen LogP contribution is -2.39. The third kappa shape index (κ3) is 7.44. The zero-order chi connectivity index (χ0) is 27.2. The first-order valence-electron chi connectivity index (χ1n) is 12.9. The molecule has 2 aromatic carbocycles. The van der Waals surface area contributed by atoms with Crippen LogP contribution >= 0.6 is 0 Å². The maximum Gasteiger partial charge on any atom is 0.254 e. The van der Waals surface area contributed by atoms with E-state index < -0.39 is 0 Å². The molecule has 0 saturated heterocycles. The first-order valence-corrected chi connectivity index (χ1v) is 12.9. The molecule has 3 rings (SSSR count). The number of carbonyl (C=O) groups is 2. The molecule has 0 aliphatic carbocycles. The van der Waals surface area contributed by atoms with Crippen molar-refractivity contribution < 1.29 is 14.3 Å². The molecule has 3 aromatic rings. The van der Waals surface area contributed by atoms with Gasteiger partial charge in [0.1, 0.15) is 18.1 Å². The molecule has 37 heavy (non-hydrogen) atoms.